The van der Waals surface area contributed by atoms with Crippen molar-refractivity contribution in [3.8, 4) is 11.5 Å². The molecule has 0 aliphatic rings. The van der Waals surface area contributed by atoms with E-state index in [9.17, 15) is 0 Å². The number of hydrogen-bond acceptors (Lipinski definition) is 3. The van der Waals surface area contributed by atoms with Gasteiger partial charge in [0, 0.05) is 23.9 Å². The van der Waals surface area contributed by atoms with Crippen LogP contribution in [0.2, 0.25) is 0 Å². The van der Waals surface area contributed by atoms with Crippen LogP contribution in [-0.4, -0.2) is 13.2 Å². The summed E-state index contributed by atoms with van der Waals surface area (Å²) in [6.07, 6.45) is 1.07. The largest absolute Gasteiger partial charge is 0.494 e. The van der Waals surface area contributed by atoms with Crippen molar-refractivity contribution in [2.75, 3.05) is 18.5 Å². The predicted octanol–water partition coefficient (Wildman–Crippen LogP) is 5.12. The molecular formula is C20H27NO2. The average Bonchev–Trinajstić information content (AvgIpc) is 2.54. The first-order valence-corrected chi connectivity index (χ1v) is 8.36. The Hall–Kier alpha value is -2.16. The molecule has 2 rings (SSSR count). The monoisotopic (exact) mass is 313 g/mol. The van der Waals surface area contributed by atoms with Gasteiger partial charge in [-0.05, 0) is 37.5 Å². The maximum atomic E-state index is 5.93. The molecule has 0 spiro atoms. The van der Waals surface area contributed by atoms with Gasteiger partial charge in [0.15, 0.2) is 0 Å². The van der Waals surface area contributed by atoms with Gasteiger partial charge >= 0.3 is 0 Å². The highest BCUT2D eigenvalue weighted by Crippen LogP contribution is 2.22. The maximum absolute atomic E-state index is 5.93. The van der Waals surface area contributed by atoms with Gasteiger partial charge in [0.1, 0.15) is 11.5 Å². The second-order valence-corrected chi connectivity index (χ2v) is 5.95. The Labute approximate surface area is 139 Å². The Morgan fingerprint density at radius 2 is 1.83 bits per heavy atom. The third-order valence-corrected chi connectivity index (χ3v) is 3.55. The molecule has 0 bridgehead atoms. The SMILES string of the molecule is CCOc1cccc(NCc2ccccc2OCCC(C)C)c1. The first-order chi connectivity index (χ1) is 11.2. The van der Waals surface area contributed by atoms with Gasteiger partial charge in [0.2, 0.25) is 0 Å². The first-order valence-electron chi connectivity index (χ1n) is 8.36. The second kappa shape index (κ2) is 9.09. The highest BCUT2D eigenvalue weighted by molar-refractivity contribution is 5.49. The van der Waals surface area contributed by atoms with Gasteiger partial charge < -0.3 is 14.8 Å². The van der Waals surface area contributed by atoms with Crippen LogP contribution in [0.15, 0.2) is 48.5 Å². The van der Waals surface area contributed by atoms with Crippen LogP contribution in [0, 0.1) is 5.92 Å². The van der Waals surface area contributed by atoms with E-state index in [1.54, 1.807) is 0 Å². The molecule has 0 radical (unpaired) electrons. The topological polar surface area (TPSA) is 30.5 Å². The molecule has 2 aromatic rings. The molecule has 0 aliphatic carbocycles. The highest BCUT2D eigenvalue weighted by Gasteiger charge is 2.04. The van der Waals surface area contributed by atoms with Crippen molar-refractivity contribution in [1.29, 1.82) is 0 Å². The van der Waals surface area contributed by atoms with Crippen LogP contribution in [-0.2, 0) is 6.54 Å². The van der Waals surface area contributed by atoms with Crippen LogP contribution in [0.3, 0.4) is 0 Å². The minimum atomic E-state index is 0.654. The smallest absolute Gasteiger partial charge is 0.124 e. The number of anilines is 1. The second-order valence-electron chi connectivity index (χ2n) is 5.95. The van der Waals surface area contributed by atoms with Crippen LogP contribution in [0.1, 0.15) is 32.8 Å². The predicted molar refractivity (Wildman–Crippen MR) is 96.3 cm³/mol. The number of hydrogen-bond donors (Lipinski definition) is 1. The van der Waals surface area contributed by atoms with E-state index in [1.807, 2.05) is 49.4 Å². The fraction of sp³-hybridized carbons (Fsp3) is 0.400. The van der Waals surface area contributed by atoms with Gasteiger partial charge in [-0.3, -0.25) is 0 Å². The number of benzene rings is 2. The zero-order valence-electron chi connectivity index (χ0n) is 14.3. The zero-order valence-corrected chi connectivity index (χ0v) is 14.3. The minimum Gasteiger partial charge on any atom is -0.494 e. The van der Waals surface area contributed by atoms with Gasteiger partial charge in [0.05, 0.1) is 13.2 Å². The van der Waals surface area contributed by atoms with Crippen molar-refractivity contribution in [3.05, 3.63) is 54.1 Å². The van der Waals surface area contributed by atoms with Crippen molar-refractivity contribution in [3.63, 3.8) is 0 Å². The van der Waals surface area contributed by atoms with Gasteiger partial charge in [-0.15, -0.1) is 0 Å². The molecule has 3 nitrogen and oxygen atoms in total. The van der Waals surface area contributed by atoms with E-state index in [2.05, 4.69) is 25.2 Å². The Morgan fingerprint density at radius 3 is 2.61 bits per heavy atom. The Morgan fingerprint density at radius 1 is 1.00 bits per heavy atom. The summed E-state index contributed by atoms with van der Waals surface area (Å²) < 4.78 is 11.5. The van der Waals surface area contributed by atoms with E-state index in [0.29, 0.717) is 12.5 Å². The van der Waals surface area contributed by atoms with Crippen molar-refractivity contribution in [2.45, 2.75) is 33.7 Å². The fourth-order valence-corrected chi connectivity index (χ4v) is 2.26. The molecule has 23 heavy (non-hydrogen) atoms. The summed E-state index contributed by atoms with van der Waals surface area (Å²) in [6.45, 7) is 8.58. The summed E-state index contributed by atoms with van der Waals surface area (Å²) in [5.74, 6) is 2.50. The van der Waals surface area contributed by atoms with Crippen molar-refractivity contribution in [1.82, 2.24) is 0 Å². The molecule has 0 fully saturated rings. The van der Waals surface area contributed by atoms with E-state index in [1.165, 1.54) is 0 Å². The lowest BCUT2D eigenvalue weighted by Gasteiger charge is -2.14. The average molecular weight is 313 g/mol. The van der Waals surface area contributed by atoms with Crippen molar-refractivity contribution in [2.24, 2.45) is 5.92 Å². The summed E-state index contributed by atoms with van der Waals surface area (Å²) in [4.78, 5) is 0. The quantitative estimate of drug-likeness (QED) is 0.697. The Kier molecular flexibility index (Phi) is 6.79. The molecule has 1 N–H and O–H groups in total. The number of para-hydroxylation sites is 1. The van der Waals surface area contributed by atoms with Crippen LogP contribution >= 0.6 is 0 Å². The lowest BCUT2D eigenvalue weighted by atomic mass is 10.1. The number of ether oxygens (including phenoxy) is 2. The molecule has 2 aromatic carbocycles. The normalized spacial score (nSPS) is 10.6. The van der Waals surface area contributed by atoms with E-state index in [4.69, 9.17) is 9.47 Å². The van der Waals surface area contributed by atoms with E-state index in [-0.39, 0.29) is 0 Å². The molecule has 124 valence electrons. The molecular weight excluding hydrogens is 286 g/mol. The van der Waals surface area contributed by atoms with Gasteiger partial charge in [-0.1, -0.05) is 38.1 Å². The molecule has 0 amide bonds. The number of rotatable bonds is 9. The van der Waals surface area contributed by atoms with Gasteiger partial charge in [-0.2, -0.15) is 0 Å². The molecule has 0 unspecified atom stereocenters. The number of nitrogens with one attached hydrogen (secondary N) is 1. The van der Waals surface area contributed by atoms with Crippen LogP contribution in [0.5, 0.6) is 11.5 Å². The first kappa shape index (κ1) is 17.2. The Balaban J connectivity index is 1.96. The summed E-state index contributed by atoms with van der Waals surface area (Å²) in [7, 11) is 0. The lowest BCUT2D eigenvalue weighted by Crippen LogP contribution is -2.06. The van der Waals surface area contributed by atoms with E-state index < -0.39 is 0 Å². The summed E-state index contributed by atoms with van der Waals surface area (Å²) in [6, 6.07) is 16.2. The molecule has 0 aromatic heterocycles. The van der Waals surface area contributed by atoms with E-state index in [0.717, 1.165) is 42.3 Å². The summed E-state index contributed by atoms with van der Waals surface area (Å²) >= 11 is 0. The zero-order chi connectivity index (χ0) is 16.5. The summed E-state index contributed by atoms with van der Waals surface area (Å²) in [5, 5.41) is 3.44. The molecule has 0 heterocycles. The fourth-order valence-electron chi connectivity index (χ4n) is 2.26. The van der Waals surface area contributed by atoms with Gasteiger partial charge in [0.25, 0.3) is 0 Å². The molecule has 0 saturated heterocycles. The lowest BCUT2D eigenvalue weighted by molar-refractivity contribution is 0.287. The van der Waals surface area contributed by atoms with Crippen molar-refractivity contribution >= 4 is 5.69 Å². The van der Waals surface area contributed by atoms with Gasteiger partial charge in [-0.25, -0.2) is 0 Å². The standard InChI is InChI=1S/C20H27NO2/c1-4-22-19-10-7-9-18(14-19)21-15-17-8-5-6-11-20(17)23-13-12-16(2)3/h5-11,14,16,21H,4,12-13,15H2,1-3H3. The highest BCUT2D eigenvalue weighted by atomic mass is 16.5. The van der Waals surface area contributed by atoms with Crippen molar-refractivity contribution < 1.29 is 9.47 Å². The molecule has 0 saturated carbocycles. The Bertz CT molecular complexity index is 596. The minimum absolute atomic E-state index is 0.654. The van der Waals surface area contributed by atoms with Crippen LogP contribution in [0.25, 0.3) is 0 Å². The molecule has 0 aliphatic heterocycles. The molecule has 3 heteroatoms. The van der Waals surface area contributed by atoms with Crippen LogP contribution in [0.4, 0.5) is 5.69 Å². The maximum Gasteiger partial charge on any atom is 0.124 e. The summed E-state index contributed by atoms with van der Waals surface area (Å²) in [5.41, 5.74) is 2.21. The van der Waals surface area contributed by atoms with E-state index >= 15 is 0 Å². The van der Waals surface area contributed by atoms with Crippen LogP contribution < -0.4 is 14.8 Å². The third kappa shape index (κ3) is 5.85. The molecule has 0 atom stereocenters. The third-order valence-electron chi connectivity index (χ3n) is 3.55.